The molecule has 0 aliphatic heterocycles. The Morgan fingerprint density at radius 3 is 2.42 bits per heavy atom. The minimum Gasteiger partial charge on any atom is -0.389 e. The van der Waals surface area contributed by atoms with Crippen LogP contribution in [0.4, 0.5) is 0 Å². The summed E-state index contributed by atoms with van der Waals surface area (Å²) in [6.45, 7) is 4.06. The molecule has 0 fully saturated rings. The molecule has 0 radical (unpaired) electrons. The highest BCUT2D eigenvalue weighted by molar-refractivity contribution is 5.31. The van der Waals surface area contributed by atoms with Crippen LogP contribution in [-0.4, -0.2) is 22.4 Å². The number of hydrogen-bond donors (Lipinski definition) is 2. The molecule has 0 aromatic heterocycles. The van der Waals surface area contributed by atoms with Gasteiger partial charge in [-0.25, -0.2) is 0 Å². The van der Waals surface area contributed by atoms with Crippen LogP contribution in [0.25, 0.3) is 0 Å². The van der Waals surface area contributed by atoms with Crippen LogP contribution >= 0.6 is 0 Å². The maximum absolute atomic E-state index is 9.66. The highest BCUT2D eigenvalue weighted by Crippen LogP contribution is 2.07. The van der Waals surface area contributed by atoms with Gasteiger partial charge in [0.2, 0.25) is 0 Å². The van der Waals surface area contributed by atoms with E-state index in [2.05, 4.69) is 30.6 Å². The third kappa shape index (κ3) is 13.0. The molecule has 0 aliphatic rings. The van der Waals surface area contributed by atoms with Gasteiger partial charge in [-0.1, -0.05) is 57.8 Å². The van der Waals surface area contributed by atoms with Crippen LogP contribution in [0.3, 0.4) is 0 Å². The van der Waals surface area contributed by atoms with Crippen molar-refractivity contribution in [2.24, 2.45) is 0 Å². The lowest BCUT2D eigenvalue weighted by molar-refractivity contribution is 0.208. The summed E-state index contributed by atoms with van der Waals surface area (Å²) in [6, 6.07) is 0. The third-order valence-corrected chi connectivity index (χ3v) is 2.77. The molecular weight excluding hydrogens is 236 g/mol. The van der Waals surface area contributed by atoms with E-state index in [1.807, 2.05) is 6.92 Å². The van der Waals surface area contributed by atoms with E-state index in [0.717, 1.165) is 12.8 Å². The van der Waals surface area contributed by atoms with Crippen LogP contribution in [0.15, 0.2) is 12.2 Å². The molecule has 0 heterocycles. The smallest absolute Gasteiger partial charge is 0.115 e. The van der Waals surface area contributed by atoms with Gasteiger partial charge in [0.05, 0.1) is 6.10 Å². The topological polar surface area (TPSA) is 40.5 Å². The van der Waals surface area contributed by atoms with Gasteiger partial charge in [0.25, 0.3) is 0 Å². The van der Waals surface area contributed by atoms with Crippen molar-refractivity contribution in [2.75, 3.05) is 0 Å². The second-order valence-corrected chi connectivity index (χ2v) is 4.59. The fourth-order valence-electron chi connectivity index (χ4n) is 1.51. The number of hydrogen-bond acceptors (Lipinski definition) is 2. The molecule has 0 aliphatic carbocycles. The van der Waals surface area contributed by atoms with E-state index < -0.39 is 12.2 Å². The Kier molecular flexibility index (Phi) is 12.4. The zero-order valence-electron chi connectivity index (χ0n) is 12.2. The normalized spacial score (nSPS) is 13.3. The molecular formula is C17H26O2. The fraction of sp³-hybridized carbons (Fsp3) is 0.647. The van der Waals surface area contributed by atoms with Crippen LogP contribution in [-0.2, 0) is 0 Å². The minimum atomic E-state index is -0.591. The minimum absolute atomic E-state index is 0.412. The van der Waals surface area contributed by atoms with Gasteiger partial charge < -0.3 is 10.2 Å². The van der Waals surface area contributed by atoms with Crippen LogP contribution in [0.2, 0.25) is 0 Å². The quantitative estimate of drug-likeness (QED) is 0.521. The first-order valence-electron chi connectivity index (χ1n) is 7.24. The Bertz CT molecular complexity index is 349. The molecule has 0 spiro atoms. The largest absolute Gasteiger partial charge is 0.389 e. The van der Waals surface area contributed by atoms with Crippen molar-refractivity contribution in [3.05, 3.63) is 12.2 Å². The summed E-state index contributed by atoms with van der Waals surface area (Å²) in [5, 5.41) is 18.8. The molecule has 19 heavy (non-hydrogen) atoms. The van der Waals surface area contributed by atoms with Crippen molar-refractivity contribution in [3.8, 4) is 23.7 Å². The van der Waals surface area contributed by atoms with Crippen LogP contribution in [0.1, 0.15) is 58.8 Å². The van der Waals surface area contributed by atoms with Crippen LogP contribution < -0.4 is 0 Å². The molecule has 0 saturated carbocycles. The van der Waals surface area contributed by atoms with E-state index >= 15 is 0 Å². The van der Waals surface area contributed by atoms with Gasteiger partial charge in [0.1, 0.15) is 6.10 Å². The maximum Gasteiger partial charge on any atom is 0.115 e. The number of aliphatic hydroxyl groups is 2. The summed E-state index contributed by atoms with van der Waals surface area (Å²) in [7, 11) is 0. The van der Waals surface area contributed by atoms with Gasteiger partial charge in [0, 0.05) is 0 Å². The van der Waals surface area contributed by atoms with Crippen molar-refractivity contribution in [1.29, 1.82) is 0 Å². The summed E-state index contributed by atoms with van der Waals surface area (Å²) < 4.78 is 0. The SMILES string of the molecule is CCCCCCCC(O)C=CC#CC#CC(O)CC. The fourth-order valence-corrected chi connectivity index (χ4v) is 1.51. The number of aliphatic hydroxyl groups excluding tert-OH is 2. The monoisotopic (exact) mass is 262 g/mol. The third-order valence-electron chi connectivity index (χ3n) is 2.77. The number of allylic oxidation sites excluding steroid dienone is 1. The second kappa shape index (κ2) is 13.2. The maximum atomic E-state index is 9.66. The summed E-state index contributed by atoms with van der Waals surface area (Å²) in [5.41, 5.74) is 0. The van der Waals surface area contributed by atoms with Crippen LogP contribution in [0, 0.1) is 23.7 Å². The van der Waals surface area contributed by atoms with Crippen molar-refractivity contribution < 1.29 is 10.2 Å². The summed E-state index contributed by atoms with van der Waals surface area (Å²) in [4.78, 5) is 0. The number of rotatable bonds is 8. The molecule has 0 bridgehead atoms. The highest BCUT2D eigenvalue weighted by atomic mass is 16.3. The van der Waals surface area contributed by atoms with E-state index in [9.17, 15) is 5.11 Å². The molecule has 2 atom stereocenters. The van der Waals surface area contributed by atoms with Gasteiger partial charge >= 0.3 is 0 Å². The first kappa shape index (κ1) is 17.8. The summed E-state index contributed by atoms with van der Waals surface area (Å²) >= 11 is 0. The Hall–Kier alpha value is -1.22. The predicted molar refractivity (Wildman–Crippen MR) is 80.4 cm³/mol. The summed E-state index contributed by atoms with van der Waals surface area (Å²) in [5.74, 6) is 10.5. The molecule has 0 aromatic carbocycles. The van der Waals surface area contributed by atoms with Crippen molar-refractivity contribution in [1.82, 2.24) is 0 Å². The highest BCUT2D eigenvalue weighted by Gasteiger charge is 1.97. The first-order valence-corrected chi connectivity index (χ1v) is 7.24. The van der Waals surface area contributed by atoms with Gasteiger partial charge in [-0.05, 0) is 36.8 Å². The van der Waals surface area contributed by atoms with Crippen molar-refractivity contribution in [2.45, 2.75) is 71.0 Å². The molecule has 0 saturated heterocycles. The zero-order chi connectivity index (χ0) is 14.3. The lowest BCUT2D eigenvalue weighted by Gasteiger charge is -2.03. The Balaban J connectivity index is 3.74. The van der Waals surface area contributed by atoms with Crippen LogP contribution in [0.5, 0.6) is 0 Å². The van der Waals surface area contributed by atoms with Crippen molar-refractivity contribution >= 4 is 0 Å². The second-order valence-electron chi connectivity index (χ2n) is 4.59. The van der Waals surface area contributed by atoms with Gasteiger partial charge in [0.15, 0.2) is 0 Å². The lowest BCUT2D eigenvalue weighted by atomic mass is 10.1. The van der Waals surface area contributed by atoms with E-state index in [1.54, 1.807) is 12.2 Å². The Labute approximate surface area is 117 Å². The molecule has 2 heteroatoms. The molecule has 2 unspecified atom stereocenters. The van der Waals surface area contributed by atoms with Gasteiger partial charge in [-0.15, -0.1) is 0 Å². The molecule has 0 amide bonds. The number of unbranched alkanes of at least 4 members (excludes halogenated alkanes) is 4. The van der Waals surface area contributed by atoms with Gasteiger partial charge in [-0.2, -0.15) is 0 Å². The standard InChI is InChI=1S/C17H26O2/c1-3-5-6-7-11-14-17(19)15-12-9-8-10-13-16(18)4-2/h12,15-19H,3-7,11,14H2,1-2H3. The summed E-state index contributed by atoms with van der Waals surface area (Å²) in [6.07, 6.45) is 9.75. The van der Waals surface area contributed by atoms with Gasteiger partial charge in [-0.3, -0.25) is 0 Å². The Morgan fingerprint density at radius 1 is 1.00 bits per heavy atom. The first-order chi connectivity index (χ1) is 9.20. The molecule has 2 N–H and O–H groups in total. The average molecular weight is 262 g/mol. The van der Waals surface area contributed by atoms with E-state index in [4.69, 9.17) is 5.11 Å². The molecule has 2 nitrogen and oxygen atoms in total. The Morgan fingerprint density at radius 2 is 1.74 bits per heavy atom. The van der Waals surface area contributed by atoms with E-state index in [-0.39, 0.29) is 0 Å². The molecule has 106 valence electrons. The zero-order valence-corrected chi connectivity index (χ0v) is 12.2. The molecule has 0 aromatic rings. The predicted octanol–water partition coefficient (Wildman–Crippen LogP) is 3.04. The van der Waals surface area contributed by atoms with E-state index in [1.165, 1.54) is 25.7 Å². The van der Waals surface area contributed by atoms with E-state index in [0.29, 0.717) is 6.42 Å². The average Bonchev–Trinajstić information content (AvgIpc) is 2.42. The molecule has 0 rings (SSSR count). The lowest BCUT2D eigenvalue weighted by Crippen LogP contribution is -2.01. The van der Waals surface area contributed by atoms with Crippen molar-refractivity contribution in [3.63, 3.8) is 0 Å².